The number of aryl methyl sites for hydroxylation is 1. The highest BCUT2D eigenvalue weighted by molar-refractivity contribution is 7.94. The van der Waals surface area contributed by atoms with Gasteiger partial charge in [0, 0.05) is 0 Å². The zero-order valence-electron chi connectivity index (χ0n) is 8.19. The van der Waals surface area contributed by atoms with Crippen LogP contribution < -0.4 is 4.72 Å². The van der Waals surface area contributed by atoms with E-state index in [1.807, 2.05) is 0 Å². The Balaban J connectivity index is 2.31. The summed E-state index contributed by atoms with van der Waals surface area (Å²) >= 11 is 6.69. The number of nitrogens with one attached hydrogen (secondary N) is 2. The van der Waals surface area contributed by atoms with E-state index in [1.165, 1.54) is 12.3 Å². The Hall–Kier alpha value is -1.05. The SMILES string of the molecule is Cc1[nH]ncc1NS(=O)(=O)c1ccc(Cl)s1. The van der Waals surface area contributed by atoms with E-state index in [0.29, 0.717) is 15.7 Å². The lowest BCUT2D eigenvalue weighted by atomic mass is 10.4. The maximum atomic E-state index is 11.9. The fourth-order valence-electron chi connectivity index (χ4n) is 1.09. The van der Waals surface area contributed by atoms with Crippen molar-refractivity contribution in [3.63, 3.8) is 0 Å². The second kappa shape index (κ2) is 4.08. The molecule has 16 heavy (non-hydrogen) atoms. The molecule has 2 N–H and O–H groups in total. The van der Waals surface area contributed by atoms with Gasteiger partial charge in [-0.25, -0.2) is 8.42 Å². The van der Waals surface area contributed by atoms with Crippen LogP contribution in [0.3, 0.4) is 0 Å². The summed E-state index contributed by atoms with van der Waals surface area (Å²) in [6.45, 7) is 1.73. The lowest BCUT2D eigenvalue weighted by Crippen LogP contribution is -2.11. The first-order chi connectivity index (χ1) is 7.49. The molecular formula is C8H8ClN3O2S2. The minimum Gasteiger partial charge on any atom is -0.281 e. The fourth-order valence-corrected chi connectivity index (χ4v) is 3.68. The van der Waals surface area contributed by atoms with Crippen molar-refractivity contribution in [1.82, 2.24) is 10.2 Å². The van der Waals surface area contributed by atoms with Crippen LogP contribution in [0, 0.1) is 6.92 Å². The number of hydrogen-bond donors (Lipinski definition) is 2. The van der Waals surface area contributed by atoms with Gasteiger partial charge in [-0.2, -0.15) is 5.10 Å². The van der Waals surface area contributed by atoms with E-state index in [9.17, 15) is 8.42 Å². The summed E-state index contributed by atoms with van der Waals surface area (Å²) in [5.74, 6) is 0. The molecule has 5 nitrogen and oxygen atoms in total. The van der Waals surface area contributed by atoms with Crippen LogP contribution in [0.5, 0.6) is 0 Å². The molecule has 86 valence electrons. The first kappa shape index (κ1) is 11.4. The van der Waals surface area contributed by atoms with Crippen LogP contribution in [0.4, 0.5) is 5.69 Å². The summed E-state index contributed by atoms with van der Waals surface area (Å²) in [5, 5.41) is 6.38. The number of rotatable bonds is 3. The average Bonchev–Trinajstić information content (AvgIpc) is 2.77. The van der Waals surface area contributed by atoms with Crippen molar-refractivity contribution in [1.29, 1.82) is 0 Å². The molecule has 2 aromatic rings. The lowest BCUT2D eigenvalue weighted by molar-refractivity contribution is 0.603. The number of halogens is 1. The van der Waals surface area contributed by atoms with Gasteiger partial charge in [0.25, 0.3) is 10.0 Å². The molecule has 0 saturated heterocycles. The second-order valence-corrected chi connectivity index (χ2v) is 6.70. The van der Waals surface area contributed by atoms with Gasteiger partial charge in [-0.15, -0.1) is 11.3 Å². The third kappa shape index (κ3) is 2.21. The number of thiophene rings is 1. The Morgan fingerprint density at radius 3 is 2.75 bits per heavy atom. The molecule has 8 heteroatoms. The third-order valence-electron chi connectivity index (χ3n) is 1.89. The van der Waals surface area contributed by atoms with Crippen molar-refractivity contribution in [3.05, 3.63) is 28.4 Å². The van der Waals surface area contributed by atoms with E-state index in [4.69, 9.17) is 11.6 Å². The van der Waals surface area contributed by atoms with Crippen molar-refractivity contribution in [2.45, 2.75) is 11.1 Å². The second-order valence-electron chi connectivity index (χ2n) is 3.07. The van der Waals surface area contributed by atoms with Gasteiger partial charge in [0.2, 0.25) is 0 Å². The predicted octanol–water partition coefficient (Wildman–Crippen LogP) is 2.23. The van der Waals surface area contributed by atoms with E-state index in [-0.39, 0.29) is 4.21 Å². The fraction of sp³-hybridized carbons (Fsp3) is 0.125. The van der Waals surface area contributed by atoms with Crippen LogP contribution in [0.25, 0.3) is 0 Å². The molecular weight excluding hydrogens is 270 g/mol. The first-order valence-electron chi connectivity index (χ1n) is 4.27. The summed E-state index contributed by atoms with van der Waals surface area (Å²) in [6, 6.07) is 3.01. The Morgan fingerprint density at radius 1 is 1.50 bits per heavy atom. The number of aromatic nitrogens is 2. The van der Waals surface area contributed by atoms with E-state index in [2.05, 4.69) is 14.9 Å². The van der Waals surface area contributed by atoms with Gasteiger partial charge in [-0.1, -0.05) is 11.6 Å². The number of aromatic amines is 1. The van der Waals surface area contributed by atoms with Crippen LogP contribution in [-0.4, -0.2) is 18.6 Å². The largest absolute Gasteiger partial charge is 0.281 e. The summed E-state index contributed by atoms with van der Waals surface area (Å²) < 4.78 is 26.8. The van der Waals surface area contributed by atoms with E-state index < -0.39 is 10.0 Å². The molecule has 2 heterocycles. The maximum Gasteiger partial charge on any atom is 0.271 e. The number of hydrogen-bond acceptors (Lipinski definition) is 4. The Labute approximate surface area is 102 Å². The highest BCUT2D eigenvalue weighted by atomic mass is 35.5. The molecule has 0 radical (unpaired) electrons. The molecule has 0 bridgehead atoms. The summed E-state index contributed by atoms with van der Waals surface area (Å²) in [4.78, 5) is 0. The smallest absolute Gasteiger partial charge is 0.271 e. The minimum atomic E-state index is -3.56. The molecule has 2 aromatic heterocycles. The van der Waals surface area contributed by atoms with Crippen LogP contribution in [0.1, 0.15) is 5.69 Å². The summed E-state index contributed by atoms with van der Waals surface area (Å²) in [6.07, 6.45) is 1.42. The van der Waals surface area contributed by atoms with Crippen molar-refractivity contribution in [2.24, 2.45) is 0 Å². The molecule has 0 unspecified atom stereocenters. The van der Waals surface area contributed by atoms with Crippen molar-refractivity contribution < 1.29 is 8.42 Å². The van der Waals surface area contributed by atoms with Gasteiger partial charge >= 0.3 is 0 Å². The van der Waals surface area contributed by atoms with E-state index in [0.717, 1.165) is 11.3 Å². The number of anilines is 1. The lowest BCUT2D eigenvalue weighted by Gasteiger charge is -2.03. The van der Waals surface area contributed by atoms with Crippen LogP contribution in [0.2, 0.25) is 4.34 Å². The first-order valence-corrected chi connectivity index (χ1v) is 6.95. The molecule has 0 saturated carbocycles. The van der Waals surface area contributed by atoms with Crippen LogP contribution in [0.15, 0.2) is 22.5 Å². The molecule has 2 rings (SSSR count). The topological polar surface area (TPSA) is 74.8 Å². The van der Waals surface area contributed by atoms with Crippen LogP contribution in [-0.2, 0) is 10.0 Å². The number of nitrogens with zero attached hydrogens (tertiary/aromatic N) is 1. The average molecular weight is 278 g/mol. The summed E-state index contributed by atoms with van der Waals surface area (Å²) in [5.41, 5.74) is 1.09. The molecule has 0 spiro atoms. The molecule has 0 aliphatic carbocycles. The number of H-pyrrole nitrogens is 1. The molecule has 0 aliphatic rings. The van der Waals surface area contributed by atoms with E-state index >= 15 is 0 Å². The number of sulfonamides is 1. The molecule has 0 atom stereocenters. The Morgan fingerprint density at radius 2 is 2.25 bits per heavy atom. The van der Waals surface area contributed by atoms with Gasteiger partial charge in [0.1, 0.15) is 4.21 Å². The third-order valence-corrected chi connectivity index (χ3v) is 4.98. The van der Waals surface area contributed by atoms with Crippen molar-refractivity contribution in [2.75, 3.05) is 4.72 Å². The highest BCUT2D eigenvalue weighted by Gasteiger charge is 2.18. The van der Waals surface area contributed by atoms with Gasteiger partial charge in [0.15, 0.2) is 0 Å². The van der Waals surface area contributed by atoms with Gasteiger partial charge in [0.05, 0.1) is 21.9 Å². The predicted molar refractivity (Wildman–Crippen MR) is 63.5 cm³/mol. The van der Waals surface area contributed by atoms with Crippen molar-refractivity contribution in [3.8, 4) is 0 Å². The highest BCUT2D eigenvalue weighted by Crippen LogP contribution is 2.27. The van der Waals surface area contributed by atoms with Gasteiger partial charge in [-0.05, 0) is 19.1 Å². The minimum absolute atomic E-state index is 0.179. The van der Waals surface area contributed by atoms with Gasteiger partial charge < -0.3 is 0 Å². The zero-order valence-corrected chi connectivity index (χ0v) is 10.6. The monoisotopic (exact) mass is 277 g/mol. The molecule has 0 aromatic carbocycles. The molecule has 0 fully saturated rings. The zero-order chi connectivity index (χ0) is 11.8. The quantitative estimate of drug-likeness (QED) is 0.903. The Kier molecular flexibility index (Phi) is 2.92. The van der Waals surface area contributed by atoms with Crippen LogP contribution >= 0.6 is 22.9 Å². The van der Waals surface area contributed by atoms with Gasteiger partial charge in [-0.3, -0.25) is 9.82 Å². The van der Waals surface area contributed by atoms with Crippen molar-refractivity contribution >= 4 is 38.6 Å². The summed E-state index contributed by atoms with van der Waals surface area (Å²) in [7, 11) is -3.56. The molecule has 0 aliphatic heterocycles. The Bertz CT molecular complexity index is 602. The normalized spacial score (nSPS) is 11.6. The molecule has 0 amide bonds. The van der Waals surface area contributed by atoms with E-state index in [1.54, 1.807) is 13.0 Å². The standard InChI is InChI=1S/C8H8ClN3O2S2/c1-5-6(4-10-11-5)12-16(13,14)8-3-2-7(9)15-8/h2-4,12H,1H3,(H,10,11). The maximum absolute atomic E-state index is 11.9.